The van der Waals surface area contributed by atoms with Gasteiger partial charge in [0.05, 0.1) is 32.4 Å². The molecule has 134 valence electrons. The molecule has 2 heterocycles. The van der Waals surface area contributed by atoms with Gasteiger partial charge >= 0.3 is 0 Å². The fourth-order valence-electron chi connectivity index (χ4n) is 2.86. The SMILES string of the molecule is CCOc1ccc(NC(=O)CN2CCOC(Cn3cccn3)C2)cc1. The van der Waals surface area contributed by atoms with E-state index in [1.54, 1.807) is 6.20 Å². The number of anilines is 1. The molecule has 1 aromatic carbocycles. The minimum absolute atomic E-state index is 0.0242. The molecule has 1 amide bonds. The number of nitrogens with one attached hydrogen (secondary N) is 1. The van der Waals surface area contributed by atoms with E-state index >= 15 is 0 Å². The first-order valence-electron chi connectivity index (χ1n) is 8.57. The highest BCUT2D eigenvalue weighted by Crippen LogP contribution is 2.16. The van der Waals surface area contributed by atoms with Crippen molar-refractivity contribution in [3.05, 3.63) is 42.7 Å². The summed E-state index contributed by atoms with van der Waals surface area (Å²) in [6.07, 6.45) is 3.72. The van der Waals surface area contributed by atoms with E-state index in [-0.39, 0.29) is 12.0 Å². The van der Waals surface area contributed by atoms with E-state index in [2.05, 4.69) is 15.3 Å². The van der Waals surface area contributed by atoms with Gasteiger partial charge in [-0.3, -0.25) is 14.4 Å². The van der Waals surface area contributed by atoms with Crippen LogP contribution in [0.1, 0.15) is 6.92 Å². The van der Waals surface area contributed by atoms with Crippen molar-refractivity contribution in [1.82, 2.24) is 14.7 Å². The molecule has 1 aliphatic heterocycles. The Labute approximate surface area is 147 Å². The lowest BCUT2D eigenvalue weighted by Crippen LogP contribution is -2.47. The van der Waals surface area contributed by atoms with E-state index in [1.807, 2.05) is 48.1 Å². The summed E-state index contributed by atoms with van der Waals surface area (Å²) in [6.45, 7) is 5.72. The number of carbonyl (C=O) groups is 1. The molecule has 1 aliphatic rings. The fraction of sp³-hybridized carbons (Fsp3) is 0.444. The van der Waals surface area contributed by atoms with Crippen molar-refractivity contribution in [2.24, 2.45) is 0 Å². The number of rotatable bonds is 7. The summed E-state index contributed by atoms with van der Waals surface area (Å²) >= 11 is 0. The second-order valence-electron chi connectivity index (χ2n) is 5.96. The lowest BCUT2D eigenvalue weighted by atomic mass is 10.2. The minimum Gasteiger partial charge on any atom is -0.494 e. The smallest absolute Gasteiger partial charge is 0.238 e. The molecule has 7 nitrogen and oxygen atoms in total. The van der Waals surface area contributed by atoms with Crippen LogP contribution in [0.2, 0.25) is 0 Å². The van der Waals surface area contributed by atoms with Gasteiger partial charge in [0.15, 0.2) is 0 Å². The normalized spacial score (nSPS) is 18.0. The molecule has 0 aliphatic carbocycles. The number of ether oxygens (including phenoxy) is 2. The molecule has 1 fully saturated rings. The van der Waals surface area contributed by atoms with Crippen LogP contribution in [0.4, 0.5) is 5.69 Å². The molecule has 2 aromatic rings. The molecule has 0 spiro atoms. The van der Waals surface area contributed by atoms with Gasteiger partial charge in [0.1, 0.15) is 5.75 Å². The third-order valence-corrected chi connectivity index (χ3v) is 3.99. The molecule has 1 N–H and O–H groups in total. The molecule has 3 rings (SSSR count). The Hall–Kier alpha value is -2.38. The highest BCUT2D eigenvalue weighted by atomic mass is 16.5. The second-order valence-corrected chi connectivity index (χ2v) is 5.96. The molecule has 1 unspecified atom stereocenters. The summed E-state index contributed by atoms with van der Waals surface area (Å²) in [6, 6.07) is 9.30. The number of amides is 1. The first-order valence-corrected chi connectivity index (χ1v) is 8.57. The number of aromatic nitrogens is 2. The summed E-state index contributed by atoms with van der Waals surface area (Å²) in [5, 5.41) is 7.13. The van der Waals surface area contributed by atoms with Crippen molar-refractivity contribution in [3.8, 4) is 5.75 Å². The second kappa shape index (κ2) is 8.64. The number of carbonyl (C=O) groups excluding carboxylic acids is 1. The zero-order valence-electron chi connectivity index (χ0n) is 14.4. The highest BCUT2D eigenvalue weighted by molar-refractivity contribution is 5.92. The maximum absolute atomic E-state index is 12.3. The van der Waals surface area contributed by atoms with Gasteiger partial charge in [0, 0.05) is 31.2 Å². The predicted molar refractivity (Wildman–Crippen MR) is 94.6 cm³/mol. The molecule has 1 saturated heterocycles. The highest BCUT2D eigenvalue weighted by Gasteiger charge is 2.22. The van der Waals surface area contributed by atoms with Gasteiger partial charge < -0.3 is 14.8 Å². The van der Waals surface area contributed by atoms with Crippen molar-refractivity contribution >= 4 is 11.6 Å². The maximum atomic E-state index is 12.3. The van der Waals surface area contributed by atoms with E-state index < -0.39 is 0 Å². The molecule has 25 heavy (non-hydrogen) atoms. The monoisotopic (exact) mass is 344 g/mol. The molecule has 1 aromatic heterocycles. The predicted octanol–water partition coefficient (Wildman–Crippen LogP) is 1.62. The largest absolute Gasteiger partial charge is 0.494 e. The average Bonchev–Trinajstić information content (AvgIpc) is 3.10. The van der Waals surface area contributed by atoms with E-state index in [0.717, 1.165) is 24.5 Å². The first-order chi connectivity index (χ1) is 12.2. The van der Waals surface area contributed by atoms with Crippen molar-refractivity contribution in [2.45, 2.75) is 19.6 Å². The Morgan fingerprint density at radius 1 is 1.40 bits per heavy atom. The molecule has 7 heteroatoms. The maximum Gasteiger partial charge on any atom is 0.238 e. The van der Waals surface area contributed by atoms with E-state index in [9.17, 15) is 4.79 Å². The van der Waals surface area contributed by atoms with Gasteiger partial charge in [-0.15, -0.1) is 0 Å². The van der Waals surface area contributed by atoms with Gasteiger partial charge in [0.2, 0.25) is 5.91 Å². The topological polar surface area (TPSA) is 68.6 Å². The standard InChI is InChI=1S/C18H24N4O3/c1-2-24-16-6-4-15(5-7-16)20-18(23)14-21-10-11-25-17(12-21)13-22-9-3-8-19-22/h3-9,17H,2,10-14H2,1H3,(H,20,23). The average molecular weight is 344 g/mol. The van der Waals surface area contributed by atoms with E-state index in [0.29, 0.717) is 26.3 Å². The molecule has 1 atom stereocenters. The Balaban J connectivity index is 1.46. The first kappa shape index (κ1) is 17.4. The lowest BCUT2D eigenvalue weighted by molar-refractivity contribution is -0.119. The summed E-state index contributed by atoms with van der Waals surface area (Å²) in [4.78, 5) is 14.4. The Bertz CT molecular complexity index is 657. The number of morpholine rings is 1. The Kier molecular flexibility index (Phi) is 6.03. The number of benzene rings is 1. The summed E-state index contributed by atoms with van der Waals surface area (Å²) in [5.41, 5.74) is 0.773. The molecule has 0 saturated carbocycles. The van der Waals surface area contributed by atoms with Crippen LogP contribution in [0.25, 0.3) is 0 Å². The molecular weight excluding hydrogens is 320 g/mol. The van der Waals surface area contributed by atoms with Gasteiger partial charge in [-0.2, -0.15) is 5.10 Å². The zero-order valence-corrected chi connectivity index (χ0v) is 14.4. The van der Waals surface area contributed by atoms with Crippen molar-refractivity contribution < 1.29 is 14.3 Å². The van der Waals surface area contributed by atoms with Gasteiger partial charge in [-0.05, 0) is 37.3 Å². The van der Waals surface area contributed by atoms with Crippen LogP contribution in [0.3, 0.4) is 0 Å². The van der Waals surface area contributed by atoms with Crippen LogP contribution in [-0.4, -0.2) is 59.5 Å². The Morgan fingerprint density at radius 3 is 2.96 bits per heavy atom. The molecular formula is C18H24N4O3. The van der Waals surface area contributed by atoms with Crippen LogP contribution < -0.4 is 10.1 Å². The molecule has 0 radical (unpaired) electrons. The van der Waals surface area contributed by atoms with E-state index in [1.165, 1.54) is 0 Å². The number of nitrogens with zero attached hydrogens (tertiary/aromatic N) is 3. The van der Waals surface area contributed by atoms with Crippen molar-refractivity contribution in [2.75, 3.05) is 38.2 Å². The van der Waals surface area contributed by atoms with Crippen LogP contribution in [0, 0.1) is 0 Å². The van der Waals surface area contributed by atoms with Crippen LogP contribution in [0.15, 0.2) is 42.7 Å². The number of hydrogen-bond donors (Lipinski definition) is 1. The van der Waals surface area contributed by atoms with Gasteiger partial charge in [-0.1, -0.05) is 0 Å². The molecule has 0 bridgehead atoms. The van der Waals surface area contributed by atoms with Crippen molar-refractivity contribution in [1.29, 1.82) is 0 Å². The quantitative estimate of drug-likeness (QED) is 0.827. The summed E-state index contributed by atoms with van der Waals surface area (Å²) in [7, 11) is 0. The van der Waals surface area contributed by atoms with Crippen LogP contribution in [0.5, 0.6) is 5.75 Å². The van der Waals surface area contributed by atoms with Gasteiger partial charge in [0.25, 0.3) is 0 Å². The third kappa shape index (κ3) is 5.30. The summed E-state index contributed by atoms with van der Waals surface area (Å²) < 4.78 is 13.0. The third-order valence-electron chi connectivity index (χ3n) is 3.99. The van der Waals surface area contributed by atoms with E-state index in [4.69, 9.17) is 9.47 Å². The van der Waals surface area contributed by atoms with Crippen LogP contribution in [-0.2, 0) is 16.1 Å². The van der Waals surface area contributed by atoms with Crippen molar-refractivity contribution in [3.63, 3.8) is 0 Å². The zero-order chi connectivity index (χ0) is 17.5. The fourth-order valence-corrected chi connectivity index (χ4v) is 2.86. The van der Waals surface area contributed by atoms with Gasteiger partial charge in [-0.25, -0.2) is 0 Å². The lowest BCUT2D eigenvalue weighted by Gasteiger charge is -2.32. The minimum atomic E-state index is -0.0242. The summed E-state index contributed by atoms with van der Waals surface area (Å²) in [5.74, 6) is 0.777. The number of hydrogen-bond acceptors (Lipinski definition) is 5. The Morgan fingerprint density at radius 2 is 2.24 bits per heavy atom. The van der Waals surface area contributed by atoms with Crippen LogP contribution >= 0.6 is 0 Å².